The minimum atomic E-state index is -0.290. The van der Waals surface area contributed by atoms with Gasteiger partial charge in [0.25, 0.3) is 0 Å². The zero-order valence-electron chi connectivity index (χ0n) is 11.5. The normalized spacial score (nSPS) is 23.1. The molecule has 17 heavy (non-hydrogen) atoms. The number of nitrogens with one attached hydrogen (secondary N) is 3. The summed E-state index contributed by atoms with van der Waals surface area (Å²) in [6.07, 6.45) is 0. The number of carbonyl (C=O) groups is 1. The van der Waals surface area contributed by atoms with Gasteiger partial charge in [-0.15, -0.1) is 0 Å². The Labute approximate surface area is 104 Å². The Kier molecular flexibility index (Phi) is 5.36. The molecule has 0 aromatic rings. The third kappa shape index (κ3) is 3.40. The van der Waals surface area contributed by atoms with Crippen LogP contribution in [0.1, 0.15) is 13.8 Å². The molecule has 0 radical (unpaired) electrons. The highest BCUT2D eigenvalue weighted by atomic mass is 16.2. The molecule has 3 N–H and O–H groups in total. The van der Waals surface area contributed by atoms with Crippen LogP contribution in [0.2, 0.25) is 0 Å². The predicted octanol–water partition coefficient (Wildman–Crippen LogP) is -0.748. The highest BCUT2D eigenvalue weighted by molar-refractivity contribution is 5.85. The van der Waals surface area contributed by atoms with E-state index >= 15 is 0 Å². The first-order chi connectivity index (χ1) is 8.04. The minimum Gasteiger partial charge on any atom is -0.354 e. The van der Waals surface area contributed by atoms with Gasteiger partial charge >= 0.3 is 0 Å². The molecular weight excluding hydrogens is 216 g/mol. The SMILES string of the molecule is CNCCN(CCNC)C1CNC(=O)C1(C)C. The molecule has 0 aromatic carbocycles. The Morgan fingerprint density at radius 3 is 2.18 bits per heavy atom. The van der Waals surface area contributed by atoms with Crippen LogP contribution in [0, 0.1) is 5.41 Å². The lowest BCUT2D eigenvalue weighted by Crippen LogP contribution is -2.49. The smallest absolute Gasteiger partial charge is 0.227 e. The van der Waals surface area contributed by atoms with E-state index in [-0.39, 0.29) is 17.4 Å². The fourth-order valence-electron chi connectivity index (χ4n) is 2.34. The van der Waals surface area contributed by atoms with Gasteiger partial charge < -0.3 is 16.0 Å². The van der Waals surface area contributed by atoms with Crippen LogP contribution >= 0.6 is 0 Å². The molecule has 100 valence electrons. The molecule has 1 unspecified atom stereocenters. The summed E-state index contributed by atoms with van der Waals surface area (Å²) in [6.45, 7) is 8.67. The van der Waals surface area contributed by atoms with E-state index in [1.54, 1.807) is 0 Å². The highest BCUT2D eigenvalue weighted by Crippen LogP contribution is 2.29. The molecule has 0 aliphatic carbocycles. The molecule has 1 aliphatic rings. The van der Waals surface area contributed by atoms with Crippen LogP contribution in [0.25, 0.3) is 0 Å². The van der Waals surface area contributed by atoms with E-state index in [9.17, 15) is 4.79 Å². The van der Waals surface area contributed by atoms with Crippen LogP contribution in [-0.2, 0) is 4.79 Å². The van der Waals surface area contributed by atoms with E-state index in [0.29, 0.717) is 0 Å². The quantitative estimate of drug-likeness (QED) is 0.550. The average Bonchev–Trinajstić information content (AvgIpc) is 2.55. The number of likely N-dealkylation sites (N-methyl/N-ethyl adjacent to an activating group) is 2. The number of nitrogens with zero attached hydrogens (tertiary/aromatic N) is 1. The predicted molar refractivity (Wildman–Crippen MR) is 70.0 cm³/mol. The Morgan fingerprint density at radius 2 is 1.82 bits per heavy atom. The van der Waals surface area contributed by atoms with Gasteiger partial charge in [-0.2, -0.15) is 0 Å². The lowest BCUT2D eigenvalue weighted by atomic mass is 9.86. The summed E-state index contributed by atoms with van der Waals surface area (Å²) in [4.78, 5) is 14.2. The monoisotopic (exact) mass is 242 g/mol. The van der Waals surface area contributed by atoms with Crippen LogP contribution in [0.4, 0.5) is 0 Å². The van der Waals surface area contributed by atoms with Crippen molar-refractivity contribution in [3.8, 4) is 0 Å². The summed E-state index contributed by atoms with van der Waals surface area (Å²) in [5, 5.41) is 9.31. The van der Waals surface area contributed by atoms with Crippen molar-refractivity contribution in [2.24, 2.45) is 5.41 Å². The molecule has 0 bridgehead atoms. The second kappa shape index (κ2) is 6.33. The summed E-state index contributed by atoms with van der Waals surface area (Å²) < 4.78 is 0. The van der Waals surface area contributed by atoms with E-state index in [1.165, 1.54) is 0 Å². The summed E-state index contributed by atoms with van der Waals surface area (Å²) in [5.74, 6) is 0.168. The van der Waals surface area contributed by atoms with Gasteiger partial charge in [0.05, 0.1) is 5.41 Å². The van der Waals surface area contributed by atoms with E-state index in [0.717, 1.165) is 32.7 Å². The first kappa shape index (κ1) is 14.4. The van der Waals surface area contributed by atoms with Crippen LogP contribution in [0.15, 0.2) is 0 Å². The molecule has 0 saturated carbocycles. The number of carbonyl (C=O) groups excluding carboxylic acids is 1. The average molecular weight is 242 g/mol. The van der Waals surface area contributed by atoms with Gasteiger partial charge in [0.1, 0.15) is 0 Å². The van der Waals surface area contributed by atoms with Crippen molar-refractivity contribution in [2.75, 3.05) is 46.8 Å². The van der Waals surface area contributed by atoms with Crippen LogP contribution < -0.4 is 16.0 Å². The molecule has 0 spiro atoms. The molecule has 5 heteroatoms. The first-order valence-corrected chi connectivity index (χ1v) is 6.35. The Hall–Kier alpha value is -0.650. The van der Waals surface area contributed by atoms with Crippen molar-refractivity contribution < 1.29 is 4.79 Å². The molecule has 1 aliphatic heterocycles. The van der Waals surface area contributed by atoms with Gasteiger partial charge in [-0.05, 0) is 27.9 Å². The molecule has 1 heterocycles. The summed E-state index contributed by atoms with van der Waals surface area (Å²) in [5.41, 5.74) is -0.290. The maximum Gasteiger partial charge on any atom is 0.227 e. The Balaban J connectivity index is 2.65. The lowest BCUT2D eigenvalue weighted by molar-refractivity contribution is -0.127. The lowest BCUT2D eigenvalue weighted by Gasteiger charge is -2.35. The van der Waals surface area contributed by atoms with E-state index < -0.39 is 0 Å². The van der Waals surface area contributed by atoms with Gasteiger partial charge in [-0.25, -0.2) is 0 Å². The second-order valence-corrected chi connectivity index (χ2v) is 5.19. The van der Waals surface area contributed by atoms with Crippen LogP contribution in [0.3, 0.4) is 0 Å². The van der Waals surface area contributed by atoms with Gasteiger partial charge in [0.15, 0.2) is 0 Å². The first-order valence-electron chi connectivity index (χ1n) is 6.35. The van der Waals surface area contributed by atoms with Gasteiger partial charge in [0.2, 0.25) is 5.91 Å². The van der Waals surface area contributed by atoms with Crippen LogP contribution in [0.5, 0.6) is 0 Å². The second-order valence-electron chi connectivity index (χ2n) is 5.19. The van der Waals surface area contributed by atoms with E-state index in [2.05, 4.69) is 20.9 Å². The summed E-state index contributed by atoms with van der Waals surface area (Å²) in [6, 6.07) is 0.289. The number of rotatable bonds is 7. The molecule has 1 atom stereocenters. The molecule has 1 amide bonds. The largest absolute Gasteiger partial charge is 0.354 e. The van der Waals surface area contributed by atoms with Gasteiger partial charge in [-0.1, -0.05) is 0 Å². The maximum atomic E-state index is 11.8. The van der Waals surface area contributed by atoms with Crippen LogP contribution in [-0.4, -0.2) is 63.7 Å². The topological polar surface area (TPSA) is 56.4 Å². The fraction of sp³-hybridized carbons (Fsp3) is 0.917. The van der Waals surface area contributed by atoms with Crippen molar-refractivity contribution in [3.05, 3.63) is 0 Å². The van der Waals surface area contributed by atoms with E-state index in [4.69, 9.17) is 0 Å². The zero-order valence-corrected chi connectivity index (χ0v) is 11.5. The van der Waals surface area contributed by atoms with Crippen molar-refractivity contribution >= 4 is 5.91 Å². The highest BCUT2D eigenvalue weighted by Gasteiger charge is 2.44. The maximum absolute atomic E-state index is 11.8. The number of hydrogen-bond acceptors (Lipinski definition) is 4. The van der Waals surface area contributed by atoms with E-state index in [1.807, 2.05) is 27.9 Å². The molecule has 1 saturated heterocycles. The summed E-state index contributed by atoms with van der Waals surface area (Å²) >= 11 is 0. The molecule has 0 aromatic heterocycles. The standard InChI is InChI=1S/C12H26N4O/c1-12(2)10(9-15-11(12)17)16(7-5-13-3)8-6-14-4/h10,13-14H,5-9H2,1-4H3,(H,15,17). The minimum absolute atomic E-state index is 0.168. The number of hydrogen-bond donors (Lipinski definition) is 3. The third-order valence-electron chi connectivity index (χ3n) is 3.61. The summed E-state index contributed by atoms with van der Waals surface area (Å²) in [7, 11) is 3.92. The zero-order chi connectivity index (χ0) is 12.9. The van der Waals surface area contributed by atoms with Gasteiger partial charge in [-0.3, -0.25) is 9.69 Å². The fourth-order valence-corrected chi connectivity index (χ4v) is 2.34. The number of amides is 1. The van der Waals surface area contributed by atoms with Crippen molar-refractivity contribution in [3.63, 3.8) is 0 Å². The van der Waals surface area contributed by atoms with Gasteiger partial charge in [0, 0.05) is 38.8 Å². The molecule has 1 rings (SSSR count). The van der Waals surface area contributed by atoms with Crippen molar-refractivity contribution in [1.82, 2.24) is 20.9 Å². The Bertz CT molecular complexity index is 247. The Morgan fingerprint density at radius 1 is 1.29 bits per heavy atom. The molecule has 5 nitrogen and oxygen atoms in total. The third-order valence-corrected chi connectivity index (χ3v) is 3.61. The van der Waals surface area contributed by atoms with Crippen molar-refractivity contribution in [1.29, 1.82) is 0 Å². The molecular formula is C12H26N4O. The van der Waals surface area contributed by atoms with Crippen molar-refractivity contribution in [2.45, 2.75) is 19.9 Å². The molecule has 1 fully saturated rings.